The predicted octanol–water partition coefficient (Wildman–Crippen LogP) is 3.52. The van der Waals surface area contributed by atoms with E-state index in [9.17, 15) is 4.79 Å². The molecule has 0 N–H and O–H groups in total. The van der Waals surface area contributed by atoms with Gasteiger partial charge in [0.05, 0.1) is 5.56 Å². The summed E-state index contributed by atoms with van der Waals surface area (Å²) < 4.78 is 11.1. The lowest BCUT2D eigenvalue weighted by molar-refractivity contribution is 0.111. The first-order valence-corrected chi connectivity index (χ1v) is 6.72. The first kappa shape index (κ1) is 14.1. The molecule has 2 aromatic rings. The summed E-state index contributed by atoms with van der Waals surface area (Å²) in [6.07, 6.45) is 1.81. The Morgan fingerprint density at radius 3 is 2.35 bits per heavy atom. The summed E-state index contributed by atoms with van der Waals surface area (Å²) >= 11 is 0. The van der Waals surface area contributed by atoms with Crippen LogP contribution in [0, 0.1) is 0 Å². The van der Waals surface area contributed by atoms with E-state index in [4.69, 9.17) is 9.47 Å². The number of ether oxygens (including phenoxy) is 2. The van der Waals surface area contributed by atoms with Crippen molar-refractivity contribution in [3.8, 4) is 11.5 Å². The Labute approximate surface area is 119 Å². The number of para-hydroxylation sites is 1. The molecule has 0 aliphatic rings. The van der Waals surface area contributed by atoms with Gasteiger partial charge in [-0.25, -0.2) is 0 Å². The SMILES string of the molecule is CCc1ccc(OCCOc2ccccc2C=O)cc1. The molecule has 0 aliphatic heterocycles. The Morgan fingerprint density at radius 2 is 1.65 bits per heavy atom. The second kappa shape index (κ2) is 7.34. The maximum Gasteiger partial charge on any atom is 0.153 e. The van der Waals surface area contributed by atoms with E-state index in [0.717, 1.165) is 18.5 Å². The van der Waals surface area contributed by atoms with Crippen LogP contribution in [0.5, 0.6) is 11.5 Å². The Hall–Kier alpha value is -2.29. The van der Waals surface area contributed by atoms with Crippen molar-refractivity contribution >= 4 is 6.29 Å². The second-order valence-electron chi connectivity index (χ2n) is 4.35. The van der Waals surface area contributed by atoms with Crippen molar-refractivity contribution in [2.45, 2.75) is 13.3 Å². The molecule has 2 rings (SSSR count). The number of hydrogen-bond donors (Lipinski definition) is 0. The van der Waals surface area contributed by atoms with Crippen molar-refractivity contribution in [2.75, 3.05) is 13.2 Å². The topological polar surface area (TPSA) is 35.5 Å². The van der Waals surface area contributed by atoms with Gasteiger partial charge in [-0.15, -0.1) is 0 Å². The third-order valence-electron chi connectivity index (χ3n) is 2.99. The molecule has 0 amide bonds. The number of aryl methyl sites for hydroxylation is 1. The van der Waals surface area contributed by atoms with Crippen LogP contribution in [0.25, 0.3) is 0 Å². The molecule has 0 saturated heterocycles. The quantitative estimate of drug-likeness (QED) is 0.570. The molecule has 0 bridgehead atoms. The fraction of sp³-hybridized carbons (Fsp3) is 0.235. The highest BCUT2D eigenvalue weighted by molar-refractivity contribution is 5.79. The minimum absolute atomic E-state index is 0.403. The second-order valence-corrected chi connectivity index (χ2v) is 4.35. The molecular formula is C17H18O3. The number of rotatable bonds is 7. The van der Waals surface area contributed by atoms with E-state index >= 15 is 0 Å². The zero-order valence-corrected chi connectivity index (χ0v) is 11.5. The third-order valence-corrected chi connectivity index (χ3v) is 2.99. The number of benzene rings is 2. The van der Waals surface area contributed by atoms with Crippen LogP contribution in [0.2, 0.25) is 0 Å². The molecule has 3 heteroatoms. The van der Waals surface area contributed by atoms with E-state index in [-0.39, 0.29) is 0 Å². The molecule has 0 aromatic heterocycles. The van der Waals surface area contributed by atoms with Crippen LogP contribution < -0.4 is 9.47 Å². The number of carbonyl (C=O) groups is 1. The first-order chi connectivity index (χ1) is 9.83. The van der Waals surface area contributed by atoms with Crippen LogP contribution in [0.1, 0.15) is 22.8 Å². The largest absolute Gasteiger partial charge is 0.490 e. The lowest BCUT2D eigenvalue weighted by Crippen LogP contribution is -2.09. The molecule has 0 unspecified atom stereocenters. The fourth-order valence-corrected chi connectivity index (χ4v) is 1.84. The predicted molar refractivity (Wildman–Crippen MR) is 78.6 cm³/mol. The van der Waals surface area contributed by atoms with E-state index < -0.39 is 0 Å². The lowest BCUT2D eigenvalue weighted by atomic mass is 10.2. The van der Waals surface area contributed by atoms with Crippen LogP contribution >= 0.6 is 0 Å². The smallest absolute Gasteiger partial charge is 0.153 e. The molecule has 0 atom stereocenters. The summed E-state index contributed by atoms with van der Waals surface area (Å²) in [7, 11) is 0. The van der Waals surface area contributed by atoms with Crippen molar-refractivity contribution in [3.05, 3.63) is 59.7 Å². The summed E-state index contributed by atoms with van der Waals surface area (Å²) in [6.45, 7) is 2.97. The van der Waals surface area contributed by atoms with Crippen molar-refractivity contribution in [3.63, 3.8) is 0 Å². The van der Waals surface area contributed by atoms with Gasteiger partial charge in [-0.05, 0) is 36.2 Å². The average Bonchev–Trinajstić information content (AvgIpc) is 2.52. The van der Waals surface area contributed by atoms with Gasteiger partial charge in [-0.2, -0.15) is 0 Å². The molecule has 104 valence electrons. The Balaban J connectivity index is 1.79. The zero-order valence-electron chi connectivity index (χ0n) is 11.5. The third kappa shape index (κ3) is 3.85. The van der Waals surface area contributed by atoms with Gasteiger partial charge < -0.3 is 9.47 Å². The maximum atomic E-state index is 10.8. The van der Waals surface area contributed by atoms with Crippen LogP contribution in [0.3, 0.4) is 0 Å². The molecule has 0 aliphatic carbocycles. The monoisotopic (exact) mass is 270 g/mol. The van der Waals surface area contributed by atoms with Crippen LogP contribution in [0.15, 0.2) is 48.5 Å². The van der Waals surface area contributed by atoms with Crippen molar-refractivity contribution in [1.82, 2.24) is 0 Å². The highest BCUT2D eigenvalue weighted by Crippen LogP contribution is 2.16. The van der Waals surface area contributed by atoms with E-state index in [2.05, 4.69) is 19.1 Å². The molecule has 0 saturated carbocycles. The first-order valence-electron chi connectivity index (χ1n) is 6.72. The standard InChI is InChI=1S/C17H18O3/c1-2-14-7-9-16(10-8-14)19-11-12-20-17-6-4-3-5-15(17)13-18/h3-10,13H,2,11-12H2,1H3. The summed E-state index contributed by atoms with van der Waals surface area (Å²) in [6, 6.07) is 15.2. The normalized spacial score (nSPS) is 10.1. The molecule has 20 heavy (non-hydrogen) atoms. The van der Waals surface area contributed by atoms with E-state index in [1.165, 1.54) is 5.56 Å². The minimum Gasteiger partial charge on any atom is -0.490 e. The van der Waals surface area contributed by atoms with Gasteiger partial charge in [0.25, 0.3) is 0 Å². The average molecular weight is 270 g/mol. The molecule has 0 radical (unpaired) electrons. The fourth-order valence-electron chi connectivity index (χ4n) is 1.84. The van der Waals surface area contributed by atoms with Gasteiger partial charge in [0.2, 0.25) is 0 Å². The molecule has 2 aromatic carbocycles. The number of hydrogen-bond acceptors (Lipinski definition) is 3. The highest BCUT2D eigenvalue weighted by atomic mass is 16.5. The van der Waals surface area contributed by atoms with Crippen molar-refractivity contribution < 1.29 is 14.3 Å². The van der Waals surface area contributed by atoms with Gasteiger partial charge in [-0.3, -0.25) is 4.79 Å². The van der Waals surface area contributed by atoms with E-state index in [1.54, 1.807) is 12.1 Å². The van der Waals surface area contributed by atoms with Crippen LogP contribution in [0.4, 0.5) is 0 Å². The van der Waals surface area contributed by atoms with Gasteiger partial charge in [0, 0.05) is 0 Å². The Kier molecular flexibility index (Phi) is 5.18. The molecule has 0 heterocycles. The highest BCUT2D eigenvalue weighted by Gasteiger charge is 2.01. The van der Waals surface area contributed by atoms with E-state index in [0.29, 0.717) is 24.5 Å². The zero-order chi connectivity index (χ0) is 14.2. The van der Waals surface area contributed by atoms with E-state index in [1.807, 2.05) is 24.3 Å². The van der Waals surface area contributed by atoms with Gasteiger partial charge in [0.1, 0.15) is 24.7 Å². The molecule has 0 fully saturated rings. The lowest BCUT2D eigenvalue weighted by Gasteiger charge is -2.10. The summed E-state index contributed by atoms with van der Waals surface area (Å²) in [4.78, 5) is 10.8. The van der Waals surface area contributed by atoms with Crippen LogP contribution in [-0.2, 0) is 6.42 Å². The van der Waals surface area contributed by atoms with Crippen molar-refractivity contribution in [1.29, 1.82) is 0 Å². The molecule has 0 spiro atoms. The minimum atomic E-state index is 0.403. The van der Waals surface area contributed by atoms with Gasteiger partial charge >= 0.3 is 0 Å². The summed E-state index contributed by atoms with van der Waals surface area (Å²) in [5.74, 6) is 1.42. The Bertz CT molecular complexity index is 546. The summed E-state index contributed by atoms with van der Waals surface area (Å²) in [5, 5.41) is 0. The number of aldehydes is 1. The maximum absolute atomic E-state index is 10.8. The Morgan fingerprint density at radius 1 is 0.950 bits per heavy atom. The molecular weight excluding hydrogens is 252 g/mol. The van der Waals surface area contributed by atoms with Crippen LogP contribution in [-0.4, -0.2) is 19.5 Å². The van der Waals surface area contributed by atoms with Gasteiger partial charge in [-0.1, -0.05) is 31.2 Å². The van der Waals surface area contributed by atoms with Crippen molar-refractivity contribution in [2.24, 2.45) is 0 Å². The van der Waals surface area contributed by atoms with Gasteiger partial charge in [0.15, 0.2) is 6.29 Å². The number of carbonyl (C=O) groups excluding carboxylic acids is 1. The summed E-state index contributed by atoms with van der Waals surface area (Å²) in [5.41, 5.74) is 1.84. The molecule has 3 nitrogen and oxygen atoms in total.